The Hall–Kier alpha value is -2.60. The average Bonchev–Trinajstić information content (AvgIpc) is 2.93. The van der Waals surface area contributed by atoms with Crippen LogP contribution in [0, 0.1) is 0 Å². The van der Waals surface area contributed by atoms with Crippen LogP contribution in [0.3, 0.4) is 0 Å². The summed E-state index contributed by atoms with van der Waals surface area (Å²) < 4.78 is 10.7. The Bertz CT molecular complexity index is 616. The average molecular weight is 274 g/mol. The van der Waals surface area contributed by atoms with Crippen molar-refractivity contribution >= 4 is 11.7 Å². The number of hydrazine groups is 1. The number of rotatable bonds is 5. The van der Waals surface area contributed by atoms with Crippen LogP contribution < -0.4 is 16.0 Å². The van der Waals surface area contributed by atoms with Crippen LogP contribution in [0.5, 0.6) is 5.75 Å². The van der Waals surface area contributed by atoms with Crippen molar-refractivity contribution in [1.29, 1.82) is 0 Å². The zero-order valence-electron chi connectivity index (χ0n) is 10.9. The number of benzene rings is 1. The lowest BCUT2D eigenvalue weighted by Crippen LogP contribution is -2.30. The summed E-state index contributed by atoms with van der Waals surface area (Å²) in [5.41, 5.74) is 2.97. The van der Waals surface area contributed by atoms with Gasteiger partial charge in [0.15, 0.2) is 11.5 Å². The van der Waals surface area contributed by atoms with Crippen molar-refractivity contribution in [3.05, 3.63) is 53.5 Å². The fourth-order valence-electron chi connectivity index (χ4n) is 1.67. The summed E-state index contributed by atoms with van der Waals surface area (Å²) in [6.45, 7) is 1.59. The summed E-state index contributed by atoms with van der Waals surface area (Å²) in [5, 5.41) is 0. The van der Waals surface area contributed by atoms with Crippen molar-refractivity contribution in [2.24, 2.45) is 5.84 Å². The Morgan fingerprint density at radius 1 is 1.25 bits per heavy atom. The van der Waals surface area contributed by atoms with Gasteiger partial charge in [0.05, 0.1) is 11.8 Å². The smallest absolute Gasteiger partial charge is 0.268 e. The van der Waals surface area contributed by atoms with Gasteiger partial charge in [0.25, 0.3) is 5.91 Å². The Balaban J connectivity index is 2.04. The number of ketones is 1. The topological polar surface area (TPSA) is 94.6 Å². The highest BCUT2D eigenvalue weighted by Crippen LogP contribution is 2.17. The molecule has 1 amide bonds. The highest BCUT2D eigenvalue weighted by Gasteiger charge is 2.14. The highest BCUT2D eigenvalue weighted by atomic mass is 16.5. The Morgan fingerprint density at radius 2 is 1.95 bits per heavy atom. The van der Waals surface area contributed by atoms with E-state index in [0.717, 1.165) is 0 Å². The first-order valence-corrected chi connectivity index (χ1v) is 5.93. The first-order chi connectivity index (χ1) is 9.61. The molecule has 0 atom stereocenters. The highest BCUT2D eigenvalue weighted by molar-refractivity contribution is 5.94. The number of hydrogen-bond acceptors (Lipinski definition) is 5. The third-order valence-corrected chi connectivity index (χ3v) is 2.75. The van der Waals surface area contributed by atoms with E-state index in [1.807, 2.05) is 5.43 Å². The summed E-state index contributed by atoms with van der Waals surface area (Å²) >= 11 is 0. The number of hydrogen-bond donors (Lipinski definition) is 2. The molecule has 3 N–H and O–H groups in total. The molecule has 6 heteroatoms. The van der Waals surface area contributed by atoms with E-state index in [9.17, 15) is 9.59 Å². The first-order valence-electron chi connectivity index (χ1n) is 5.93. The van der Waals surface area contributed by atoms with Crippen LogP contribution in [0.4, 0.5) is 0 Å². The number of carbonyl (C=O) groups excluding carboxylic acids is 2. The van der Waals surface area contributed by atoms with E-state index < -0.39 is 5.91 Å². The molecule has 1 aromatic heterocycles. The molecule has 2 rings (SSSR count). The van der Waals surface area contributed by atoms with Crippen LogP contribution in [0.25, 0.3) is 0 Å². The fourth-order valence-corrected chi connectivity index (χ4v) is 1.67. The van der Waals surface area contributed by atoms with Crippen molar-refractivity contribution in [2.45, 2.75) is 13.5 Å². The van der Waals surface area contributed by atoms with Gasteiger partial charge in [0, 0.05) is 5.56 Å². The molecule has 6 nitrogen and oxygen atoms in total. The Labute approximate surface area is 115 Å². The van der Waals surface area contributed by atoms with Gasteiger partial charge in [-0.25, -0.2) is 5.84 Å². The lowest BCUT2D eigenvalue weighted by molar-refractivity contribution is 0.0948. The van der Waals surface area contributed by atoms with E-state index in [1.54, 1.807) is 24.3 Å². The molecule has 0 radical (unpaired) electrons. The van der Waals surface area contributed by atoms with E-state index in [4.69, 9.17) is 15.0 Å². The van der Waals surface area contributed by atoms with Crippen LogP contribution in [-0.4, -0.2) is 11.7 Å². The number of ether oxygens (including phenoxy) is 1. The summed E-state index contributed by atoms with van der Waals surface area (Å²) in [6.07, 6.45) is 1.39. The molecule has 0 bridgehead atoms. The van der Waals surface area contributed by atoms with Gasteiger partial charge in [-0.3, -0.25) is 15.0 Å². The SMILES string of the molecule is CC(=O)c1ccc(OCc2occc2C(=O)NN)cc1. The van der Waals surface area contributed by atoms with Crippen LogP contribution in [-0.2, 0) is 6.61 Å². The molecule has 0 aliphatic rings. The van der Waals surface area contributed by atoms with Gasteiger partial charge in [0.2, 0.25) is 0 Å². The van der Waals surface area contributed by atoms with Crippen LogP contribution >= 0.6 is 0 Å². The minimum Gasteiger partial charge on any atom is -0.486 e. The lowest BCUT2D eigenvalue weighted by Gasteiger charge is -2.06. The van der Waals surface area contributed by atoms with Gasteiger partial charge in [-0.05, 0) is 37.3 Å². The number of amides is 1. The largest absolute Gasteiger partial charge is 0.486 e. The van der Waals surface area contributed by atoms with E-state index in [1.165, 1.54) is 19.3 Å². The molecule has 0 saturated carbocycles. The van der Waals surface area contributed by atoms with Gasteiger partial charge in [-0.15, -0.1) is 0 Å². The maximum absolute atomic E-state index is 11.4. The molecule has 0 fully saturated rings. The van der Waals surface area contributed by atoms with E-state index in [0.29, 0.717) is 22.6 Å². The Morgan fingerprint density at radius 3 is 2.55 bits per heavy atom. The molecule has 1 aromatic carbocycles. The quantitative estimate of drug-likeness (QED) is 0.374. The summed E-state index contributed by atoms with van der Waals surface area (Å²) in [4.78, 5) is 22.6. The summed E-state index contributed by atoms with van der Waals surface area (Å²) in [6, 6.07) is 8.23. The molecule has 104 valence electrons. The molecule has 0 aliphatic heterocycles. The second-order valence-electron chi connectivity index (χ2n) is 4.10. The summed E-state index contributed by atoms with van der Waals surface area (Å²) in [7, 11) is 0. The predicted molar refractivity (Wildman–Crippen MR) is 71.1 cm³/mol. The minimum absolute atomic E-state index is 0.00973. The first kappa shape index (κ1) is 13.8. The second-order valence-corrected chi connectivity index (χ2v) is 4.10. The van der Waals surface area contributed by atoms with Crippen LogP contribution in [0.15, 0.2) is 41.0 Å². The van der Waals surface area contributed by atoms with Crippen molar-refractivity contribution in [1.82, 2.24) is 5.43 Å². The van der Waals surface area contributed by atoms with Gasteiger partial charge < -0.3 is 9.15 Å². The van der Waals surface area contributed by atoms with E-state index in [-0.39, 0.29) is 12.4 Å². The van der Waals surface area contributed by atoms with Crippen molar-refractivity contribution in [3.63, 3.8) is 0 Å². The third kappa shape index (κ3) is 3.04. The monoisotopic (exact) mass is 274 g/mol. The second kappa shape index (κ2) is 6.03. The number of carbonyl (C=O) groups is 2. The third-order valence-electron chi connectivity index (χ3n) is 2.75. The van der Waals surface area contributed by atoms with Gasteiger partial charge in [0.1, 0.15) is 12.4 Å². The maximum Gasteiger partial charge on any atom is 0.268 e. The lowest BCUT2D eigenvalue weighted by atomic mass is 10.1. The Kier molecular flexibility index (Phi) is 4.17. The van der Waals surface area contributed by atoms with Crippen LogP contribution in [0.1, 0.15) is 33.4 Å². The van der Waals surface area contributed by atoms with E-state index >= 15 is 0 Å². The fraction of sp³-hybridized carbons (Fsp3) is 0.143. The molecule has 0 unspecified atom stereocenters. The van der Waals surface area contributed by atoms with Gasteiger partial charge >= 0.3 is 0 Å². The van der Waals surface area contributed by atoms with Gasteiger partial charge in [-0.1, -0.05) is 0 Å². The zero-order chi connectivity index (χ0) is 14.5. The molecule has 1 heterocycles. The number of nitrogens with two attached hydrogens (primary N) is 1. The molecular formula is C14H14N2O4. The molecule has 0 aliphatic carbocycles. The number of nitrogen functional groups attached to an aromatic ring is 1. The van der Waals surface area contributed by atoms with Crippen LogP contribution in [0.2, 0.25) is 0 Å². The molecule has 0 spiro atoms. The van der Waals surface area contributed by atoms with Gasteiger partial charge in [-0.2, -0.15) is 0 Å². The van der Waals surface area contributed by atoms with Crippen molar-refractivity contribution in [2.75, 3.05) is 0 Å². The number of Topliss-reactive ketones (excluding diaryl/α,β-unsaturated/α-hetero) is 1. The van der Waals surface area contributed by atoms with E-state index in [2.05, 4.69) is 0 Å². The summed E-state index contributed by atoms with van der Waals surface area (Å²) in [5.74, 6) is 5.57. The number of nitrogens with one attached hydrogen (secondary N) is 1. The standard InChI is InChI=1S/C14H14N2O4/c1-9(17)10-2-4-11(5-3-10)20-8-13-12(6-7-19-13)14(18)16-15/h2-7H,8,15H2,1H3,(H,16,18). The molecule has 2 aromatic rings. The number of furan rings is 1. The normalized spacial score (nSPS) is 10.1. The maximum atomic E-state index is 11.4. The zero-order valence-corrected chi connectivity index (χ0v) is 10.9. The van der Waals surface area contributed by atoms with Crippen molar-refractivity contribution in [3.8, 4) is 5.75 Å². The minimum atomic E-state index is -0.440. The molecule has 0 saturated heterocycles. The molecular weight excluding hydrogens is 260 g/mol. The molecule has 20 heavy (non-hydrogen) atoms. The predicted octanol–water partition coefficient (Wildman–Crippen LogP) is 1.66. The van der Waals surface area contributed by atoms with Crippen molar-refractivity contribution < 1.29 is 18.7 Å².